The van der Waals surface area contributed by atoms with Crippen LogP contribution in [0, 0.1) is 0 Å². The zero-order valence-corrected chi connectivity index (χ0v) is 38.4. The third kappa shape index (κ3) is 45.2. The standard InChI is InChI=1S/C54H86O6/c1-4-7-10-13-15-17-19-21-23-24-25-26-27-28-29-30-31-33-34-36-38-41-44-47-53(56)59-50-51(49-58-52(55)46-43-40-12-9-6-3)60-54(57)48-45-42-39-37-35-32-22-20-18-16-14-11-8-5-2/h7,10,14-17,20-23,25-26,28-29,31,33,36,38,51H,4-6,8-9,11-13,18-19,24,27,30,32,34-35,37,39-50H2,1-3H3/b10-7-,16-14-,17-15-,22-20-,23-21-,26-25-,29-28-,33-31-,38-36-. The molecule has 338 valence electrons. The third-order valence-corrected chi connectivity index (χ3v) is 9.51. The summed E-state index contributed by atoms with van der Waals surface area (Å²) in [6.07, 6.45) is 64.0. The number of unbranched alkanes of at least 4 members (excludes halogenated alkanes) is 12. The van der Waals surface area contributed by atoms with Crippen molar-refractivity contribution in [1.82, 2.24) is 0 Å². The van der Waals surface area contributed by atoms with E-state index < -0.39 is 6.10 Å². The lowest BCUT2D eigenvalue weighted by atomic mass is 10.1. The predicted octanol–water partition coefficient (Wildman–Crippen LogP) is 15.6. The summed E-state index contributed by atoms with van der Waals surface area (Å²) in [5.41, 5.74) is 0. The van der Waals surface area contributed by atoms with Crippen LogP contribution in [0.5, 0.6) is 0 Å². The number of esters is 3. The van der Waals surface area contributed by atoms with Crippen LogP contribution in [0.25, 0.3) is 0 Å². The highest BCUT2D eigenvalue weighted by Crippen LogP contribution is 2.11. The van der Waals surface area contributed by atoms with E-state index in [1.807, 2.05) is 0 Å². The maximum atomic E-state index is 12.7. The molecule has 1 atom stereocenters. The minimum absolute atomic E-state index is 0.105. The fourth-order valence-corrected chi connectivity index (χ4v) is 5.92. The Labute approximate surface area is 368 Å². The van der Waals surface area contributed by atoms with Gasteiger partial charge in [0, 0.05) is 19.3 Å². The summed E-state index contributed by atoms with van der Waals surface area (Å²) in [5, 5.41) is 0. The molecule has 1 unspecified atom stereocenters. The Bertz CT molecular complexity index is 1280. The van der Waals surface area contributed by atoms with Gasteiger partial charge in [-0.3, -0.25) is 14.4 Å². The van der Waals surface area contributed by atoms with Crippen molar-refractivity contribution in [2.24, 2.45) is 0 Å². The lowest BCUT2D eigenvalue weighted by molar-refractivity contribution is -0.167. The van der Waals surface area contributed by atoms with Gasteiger partial charge in [0.15, 0.2) is 6.10 Å². The molecule has 6 heteroatoms. The van der Waals surface area contributed by atoms with E-state index >= 15 is 0 Å². The second-order valence-electron chi connectivity index (χ2n) is 15.3. The van der Waals surface area contributed by atoms with E-state index in [1.54, 1.807) is 0 Å². The van der Waals surface area contributed by atoms with Crippen LogP contribution in [0.15, 0.2) is 109 Å². The van der Waals surface area contributed by atoms with Crippen LogP contribution in [0.4, 0.5) is 0 Å². The zero-order valence-electron chi connectivity index (χ0n) is 38.4. The van der Waals surface area contributed by atoms with E-state index in [4.69, 9.17) is 14.2 Å². The van der Waals surface area contributed by atoms with Crippen LogP contribution in [-0.2, 0) is 28.6 Å². The lowest BCUT2D eigenvalue weighted by Crippen LogP contribution is -2.30. The molecule has 6 nitrogen and oxygen atoms in total. The highest BCUT2D eigenvalue weighted by atomic mass is 16.6. The van der Waals surface area contributed by atoms with Crippen molar-refractivity contribution in [2.75, 3.05) is 13.2 Å². The van der Waals surface area contributed by atoms with Gasteiger partial charge in [0.05, 0.1) is 0 Å². The highest BCUT2D eigenvalue weighted by Gasteiger charge is 2.19. The van der Waals surface area contributed by atoms with Crippen LogP contribution in [-0.4, -0.2) is 37.2 Å². The second kappa shape index (κ2) is 47.7. The van der Waals surface area contributed by atoms with Crippen molar-refractivity contribution in [3.05, 3.63) is 109 Å². The molecule has 60 heavy (non-hydrogen) atoms. The summed E-state index contributed by atoms with van der Waals surface area (Å²) in [6, 6.07) is 0. The third-order valence-electron chi connectivity index (χ3n) is 9.51. The molecule has 0 heterocycles. The Kier molecular flexibility index (Phi) is 44.6. The maximum absolute atomic E-state index is 12.7. The Hall–Kier alpha value is -3.93. The Morgan fingerprint density at radius 2 is 0.683 bits per heavy atom. The number of allylic oxidation sites excluding steroid dienone is 18. The van der Waals surface area contributed by atoms with Crippen LogP contribution in [0.1, 0.15) is 194 Å². The molecule has 0 aromatic carbocycles. The summed E-state index contributed by atoms with van der Waals surface area (Å²) in [6.45, 7) is 6.31. The van der Waals surface area contributed by atoms with Crippen LogP contribution >= 0.6 is 0 Å². The minimum atomic E-state index is -0.806. The molecule has 0 fully saturated rings. The van der Waals surface area contributed by atoms with E-state index in [0.29, 0.717) is 19.3 Å². The van der Waals surface area contributed by atoms with Crippen molar-refractivity contribution in [3.8, 4) is 0 Å². The summed E-state index contributed by atoms with van der Waals surface area (Å²) in [4.78, 5) is 37.5. The fraction of sp³-hybridized carbons (Fsp3) is 0.611. The zero-order chi connectivity index (χ0) is 43.7. The van der Waals surface area contributed by atoms with Crippen molar-refractivity contribution in [3.63, 3.8) is 0 Å². The molecule has 0 aliphatic carbocycles. The van der Waals surface area contributed by atoms with Gasteiger partial charge in [-0.2, -0.15) is 0 Å². The number of carbonyl (C=O) groups excluding carboxylic acids is 3. The molecular formula is C54H86O6. The molecule has 0 aliphatic heterocycles. The molecule has 0 rings (SSSR count). The predicted molar refractivity (Wildman–Crippen MR) is 256 cm³/mol. The quantitative estimate of drug-likeness (QED) is 0.0264. The van der Waals surface area contributed by atoms with Crippen molar-refractivity contribution in [2.45, 2.75) is 200 Å². The minimum Gasteiger partial charge on any atom is -0.462 e. The summed E-state index contributed by atoms with van der Waals surface area (Å²) in [7, 11) is 0. The average molecular weight is 831 g/mol. The first-order valence-electron chi connectivity index (χ1n) is 23.9. The summed E-state index contributed by atoms with van der Waals surface area (Å²) >= 11 is 0. The monoisotopic (exact) mass is 831 g/mol. The first-order chi connectivity index (χ1) is 29.5. The van der Waals surface area contributed by atoms with Crippen molar-refractivity contribution < 1.29 is 28.6 Å². The van der Waals surface area contributed by atoms with E-state index in [0.717, 1.165) is 128 Å². The van der Waals surface area contributed by atoms with Crippen LogP contribution < -0.4 is 0 Å². The fourth-order valence-electron chi connectivity index (χ4n) is 5.92. The molecule has 0 saturated heterocycles. The maximum Gasteiger partial charge on any atom is 0.306 e. The number of hydrogen-bond acceptors (Lipinski definition) is 6. The van der Waals surface area contributed by atoms with E-state index in [1.165, 1.54) is 19.3 Å². The van der Waals surface area contributed by atoms with E-state index in [9.17, 15) is 14.4 Å². The Morgan fingerprint density at radius 3 is 1.13 bits per heavy atom. The first-order valence-corrected chi connectivity index (χ1v) is 23.9. The van der Waals surface area contributed by atoms with E-state index in [2.05, 4.69) is 130 Å². The number of hydrogen-bond donors (Lipinski definition) is 0. The molecule has 0 aromatic rings. The summed E-state index contributed by atoms with van der Waals surface area (Å²) in [5.74, 6) is -1.01. The number of carbonyl (C=O) groups is 3. The van der Waals surface area contributed by atoms with Gasteiger partial charge in [-0.25, -0.2) is 0 Å². The van der Waals surface area contributed by atoms with E-state index in [-0.39, 0.29) is 37.5 Å². The topological polar surface area (TPSA) is 78.9 Å². The van der Waals surface area contributed by atoms with Gasteiger partial charge in [-0.1, -0.05) is 188 Å². The molecule has 0 amide bonds. The molecule has 0 bridgehead atoms. The first kappa shape index (κ1) is 56.1. The van der Waals surface area contributed by atoms with Gasteiger partial charge >= 0.3 is 17.9 Å². The van der Waals surface area contributed by atoms with Gasteiger partial charge in [-0.05, 0) is 96.3 Å². The lowest BCUT2D eigenvalue weighted by Gasteiger charge is -2.18. The SMILES string of the molecule is CC/C=C\C/C=C\C/C=C\C/C=C\C/C=C\C/C=C\C/C=C\CCCC(=O)OCC(COC(=O)CCCCCCC)OC(=O)CCCCCCC/C=C\C/C=C\CCCC. The summed E-state index contributed by atoms with van der Waals surface area (Å²) < 4.78 is 16.6. The number of rotatable bonds is 41. The van der Waals surface area contributed by atoms with Crippen LogP contribution in [0.2, 0.25) is 0 Å². The van der Waals surface area contributed by atoms with Crippen LogP contribution in [0.3, 0.4) is 0 Å². The molecule has 0 N–H and O–H groups in total. The molecule has 0 radical (unpaired) electrons. The molecular weight excluding hydrogens is 745 g/mol. The largest absolute Gasteiger partial charge is 0.462 e. The van der Waals surface area contributed by atoms with Crippen molar-refractivity contribution in [1.29, 1.82) is 0 Å². The van der Waals surface area contributed by atoms with Gasteiger partial charge in [0.2, 0.25) is 0 Å². The number of ether oxygens (including phenoxy) is 3. The molecule has 0 saturated carbocycles. The molecule has 0 aromatic heterocycles. The second-order valence-corrected chi connectivity index (χ2v) is 15.3. The average Bonchev–Trinajstić information content (AvgIpc) is 3.24. The van der Waals surface area contributed by atoms with Gasteiger partial charge < -0.3 is 14.2 Å². The normalized spacial score (nSPS) is 13.1. The van der Waals surface area contributed by atoms with Crippen molar-refractivity contribution >= 4 is 17.9 Å². The van der Waals surface area contributed by atoms with Gasteiger partial charge in [0.1, 0.15) is 13.2 Å². The highest BCUT2D eigenvalue weighted by molar-refractivity contribution is 5.71. The molecule has 0 aliphatic rings. The van der Waals surface area contributed by atoms with Gasteiger partial charge in [-0.15, -0.1) is 0 Å². The Morgan fingerprint density at radius 1 is 0.350 bits per heavy atom. The molecule has 0 spiro atoms. The smallest absolute Gasteiger partial charge is 0.306 e. The Balaban J connectivity index is 4.34. The van der Waals surface area contributed by atoms with Gasteiger partial charge in [0.25, 0.3) is 0 Å².